The zero-order valence-electron chi connectivity index (χ0n) is 10.6. The summed E-state index contributed by atoms with van der Waals surface area (Å²) in [5.41, 5.74) is 0.520. The Morgan fingerprint density at radius 2 is 2.19 bits per heavy atom. The molecule has 0 aliphatic rings. The molecule has 5 nitrogen and oxygen atoms in total. The summed E-state index contributed by atoms with van der Waals surface area (Å²) in [5.74, 6) is -1.28. The van der Waals surface area contributed by atoms with Gasteiger partial charge in [-0.15, -0.1) is 11.3 Å². The van der Waals surface area contributed by atoms with Crippen LogP contribution in [0.3, 0.4) is 0 Å². The molecule has 0 saturated heterocycles. The van der Waals surface area contributed by atoms with Crippen molar-refractivity contribution < 1.29 is 14.7 Å². The molecule has 0 bridgehead atoms. The first kappa shape index (κ1) is 15.9. The number of hydrogen-bond donors (Lipinski definition) is 2. The van der Waals surface area contributed by atoms with Crippen LogP contribution >= 0.6 is 38.9 Å². The van der Waals surface area contributed by atoms with Gasteiger partial charge < -0.3 is 10.4 Å². The maximum Gasteiger partial charge on any atom is 0.355 e. The topological polar surface area (TPSA) is 79.3 Å². The molecule has 2 rings (SSSR count). The zero-order valence-corrected chi connectivity index (χ0v) is 13.8. The number of carboxylic acid groups (broad SMARTS) is 1. The molecule has 0 unspecified atom stereocenters. The van der Waals surface area contributed by atoms with Crippen molar-refractivity contribution in [1.82, 2.24) is 10.3 Å². The van der Waals surface area contributed by atoms with E-state index in [1.54, 1.807) is 18.2 Å². The van der Waals surface area contributed by atoms with E-state index >= 15 is 0 Å². The average Bonchev–Trinajstić information content (AvgIpc) is 2.87. The number of hydrogen-bond acceptors (Lipinski definition) is 4. The van der Waals surface area contributed by atoms with Gasteiger partial charge in [0, 0.05) is 27.8 Å². The second-order valence-electron chi connectivity index (χ2n) is 4.06. The lowest BCUT2D eigenvalue weighted by Gasteiger charge is -2.06. The van der Waals surface area contributed by atoms with E-state index in [2.05, 4.69) is 26.2 Å². The molecule has 110 valence electrons. The average molecular weight is 390 g/mol. The molecule has 8 heteroatoms. The van der Waals surface area contributed by atoms with Crippen LogP contribution < -0.4 is 5.32 Å². The summed E-state index contributed by atoms with van der Waals surface area (Å²) < 4.78 is 0.620. The molecule has 1 aromatic heterocycles. The lowest BCUT2D eigenvalue weighted by Crippen LogP contribution is -2.26. The molecular formula is C13H10BrClN2O3S. The minimum Gasteiger partial charge on any atom is -0.476 e. The standard InChI is InChI=1S/C13H10BrClN2O3S/c14-9-5-7(15)1-2-8(9)12(18)16-4-3-11-17-10(6-21-11)13(19)20/h1-2,5-6H,3-4H2,(H,16,18)(H,19,20). The number of rotatable bonds is 5. The number of carboxylic acids is 1. The third kappa shape index (κ3) is 4.26. The SMILES string of the molecule is O=C(O)c1csc(CCNC(=O)c2ccc(Cl)cc2Br)n1. The number of aromatic nitrogens is 1. The van der Waals surface area contributed by atoms with E-state index in [0.717, 1.165) is 0 Å². The van der Waals surface area contributed by atoms with Gasteiger partial charge in [0.1, 0.15) is 0 Å². The lowest BCUT2D eigenvalue weighted by atomic mass is 10.2. The monoisotopic (exact) mass is 388 g/mol. The fraction of sp³-hybridized carbons (Fsp3) is 0.154. The number of amides is 1. The Balaban J connectivity index is 1.90. The zero-order chi connectivity index (χ0) is 15.4. The summed E-state index contributed by atoms with van der Waals surface area (Å²) in [4.78, 5) is 26.6. The van der Waals surface area contributed by atoms with Gasteiger partial charge in [-0.25, -0.2) is 9.78 Å². The molecule has 0 aliphatic carbocycles. The van der Waals surface area contributed by atoms with Crippen LogP contribution in [0.1, 0.15) is 25.9 Å². The number of carbonyl (C=O) groups excluding carboxylic acids is 1. The molecule has 2 N–H and O–H groups in total. The van der Waals surface area contributed by atoms with Gasteiger partial charge in [-0.1, -0.05) is 11.6 Å². The van der Waals surface area contributed by atoms with Crippen LogP contribution in [-0.2, 0) is 6.42 Å². The summed E-state index contributed by atoms with van der Waals surface area (Å²) in [6, 6.07) is 4.92. The van der Waals surface area contributed by atoms with Gasteiger partial charge >= 0.3 is 5.97 Å². The summed E-state index contributed by atoms with van der Waals surface area (Å²) in [7, 11) is 0. The van der Waals surface area contributed by atoms with Crippen molar-refractivity contribution in [3.63, 3.8) is 0 Å². The van der Waals surface area contributed by atoms with Crippen LogP contribution in [0.25, 0.3) is 0 Å². The predicted molar refractivity (Wildman–Crippen MR) is 84.3 cm³/mol. The predicted octanol–water partition coefficient (Wildman–Crippen LogP) is 3.23. The Morgan fingerprint density at radius 1 is 1.43 bits per heavy atom. The van der Waals surface area contributed by atoms with Crippen molar-refractivity contribution in [2.45, 2.75) is 6.42 Å². The van der Waals surface area contributed by atoms with Crippen molar-refractivity contribution in [1.29, 1.82) is 0 Å². The van der Waals surface area contributed by atoms with E-state index < -0.39 is 5.97 Å². The van der Waals surface area contributed by atoms with Crippen molar-refractivity contribution in [2.24, 2.45) is 0 Å². The molecule has 0 aliphatic heterocycles. The highest BCUT2D eigenvalue weighted by Gasteiger charge is 2.11. The quantitative estimate of drug-likeness (QED) is 0.823. The van der Waals surface area contributed by atoms with Crippen molar-refractivity contribution in [3.8, 4) is 0 Å². The second kappa shape index (κ2) is 7.02. The van der Waals surface area contributed by atoms with E-state index in [4.69, 9.17) is 16.7 Å². The maximum atomic E-state index is 12.0. The number of halogens is 2. The van der Waals surface area contributed by atoms with E-state index in [1.807, 2.05) is 0 Å². The van der Waals surface area contributed by atoms with Crippen LogP contribution in [0.15, 0.2) is 28.1 Å². The van der Waals surface area contributed by atoms with Gasteiger partial charge in [-0.2, -0.15) is 0 Å². The molecule has 0 radical (unpaired) electrons. The molecule has 0 fully saturated rings. The summed E-state index contributed by atoms with van der Waals surface area (Å²) in [6.07, 6.45) is 0.481. The van der Waals surface area contributed by atoms with Gasteiger partial charge in [-0.05, 0) is 34.1 Å². The van der Waals surface area contributed by atoms with Gasteiger partial charge in [0.25, 0.3) is 5.91 Å². The number of aromatic carboxylic acids is 1. The highest BCUT2D eigenvalue weighted by molar-refractivity contribution is 9.10. The first-order chi connectivity index (χ1) is 9.97. The number of thiazole rings is 1. The van der Waals surface area contributed by atoms with Gasteiger partial charge in [0.2, 0.25) is 0 Å². The summed E-state index contributed by atoms with van der Waals surface area (Å²) in [6.45, 7) is 0.375. The molecule has 21 heavy (non-hydrogen) atoms. The Kier molecular flexibility index (Phi) is 5.33. The van der Waals surface area contributed by atoms with Crippen LogP contribution in [-0.4, -0.2) is 28.5 Å². The van der Waals surface area contributed by atoms with Crippen molar-refractivity contribution in [2.75, 3.05) is 6.54 Å². The highest BCUT2D eigenvalue weighted by Crippen LogP contribution is 2.21. The van der Waals surface area contributed by atoms with Crippen LogP contribution in [0.5, 0.6) is 0 Å². The first-order valence-electron chi connectivity index (χ1n) is 5.88. The number of carbonyl (C=O) groups is 2. The molecule has 1 amide bonds. The maximum absolute atomic E-state index is 12.0. The normalized spacial score (nSPS) is 10.4. The minimum absolute atomic E-state index is 0.0294. The Labute approximate surface area is 138 Å². The van der Waals surface area contributed by atoms with E-state index in [1.165, 1.54) is 16.7 Å². The van der Waals surface area contributed by atoms with Gasteiger partial charge in [-0.3, -0.25) is 4.79 Å². The third-order valence-corrected chi connectivity index (χ3v) is 4.37. The van der Waals surface area contributed by atoms with Gasteiger partial charge in [0.05, 0.1) is 10.6 Å². The fourth-order valence-electron chi connectivity index (χ4n) is 1.58. The van der Waals surface area contributed by atoms with Crippen molar-refractivity contribution >= 4 is 50.7 Å². The number of nitrogens with zero attached hydrogens (tertiary/aromatic N) is 1. The van der Waals surface area contributed by atoms with E-state index in [9.17, 15) is 9.59 Å². The Morgan fingerprint density at radius 3 is 2.81 bits per heavy atom. The van der Waals surface area contributed by atoms with Crippen LogP contribution in [0, 0.1) is 0 Å². The second-order valence-corrected chi connectivity index (χ2v) is 6.30. The molecule has 0 spiro atoms. The minimum atomic E-state index is -1.05. The lowest BCUT2D eigenvalue weighted by molar-refractivity contribution is 0.0690. The molecule has 0 saturated carbocycles. The highest BCUT2D eigenvalue weighted by atomic mass is 79.9. The third-order valence-electron chi connectivity index (χ3n) is 2.57. The van der Waals surface area contributed by atoms with Crippen LogP contribution in [0.2, 0.25) is 5.02 Å². The molecule has 1 aromatic carbocycles. The van der Waals surface area contributed by atoms with Crippen LogP contribution in [0.4, 0.5) is 0 Å². The largest absolute Gasteiger partial charge is 0.476 e. The Hall–Kier alpha value is -1.44. The molecule has 2 aromatic rings. The smallest absolute Gasteiger partial charge is 0.355 e. The van der Waals surface area contributed by atoms with Crippen molar-refractivity contribution in [3.05, 3.63) is 49.3 Å². The molecule has 0 atom stereocenters. The van der Waals surface area contributed by atoms with E-state index in [-0.39, 0.29) is 11.6 Å². The first-order valence-corrected chi connectivity index (χ1v) is 7.93. The number of nitrogens with one attached hydrogen (secondary N) is 1. The summed E-state index contributed by atoms with van der Waals surface area (Å²) in [5, 5.41) is 14.2. The number of benzene rings is 1. The summed E-state index contributed by atoms with van der Waals surface area (Å²) >= 11 is 10.4. The Bertz CT molecular complexity index is 690. The van der Waals surface area contributed by atoms with E-state index in [0.29, 0.717) is 33.0 Å². The van der Waals surface area contributed by atoms with Gasteiger partial charge in [0.15, 0.2) is 5.69 Å². The molecule has 1 heterocycles. The fourth-order valence-corrected chi connectivity index (χ4v) is 3.21. The molecular weight excluding hydrogens is 380 g/mol.